The molecule has 0 spiro atoms. The van der Waals surface area contributed by atoms with Crippen molar-refractivity contribution in [2.24, 2.45) is 5.73 Å². The average Bonchev–Trinajstić information content (AvgIpc) is 3.12. The Morgan fingerprint density at radius 1 is 1.08 bits per heavy atom. The maximum atomic E-state index is 12.3. The van der Waals surface area contributed by atoms with Gasteiger partial charge in [-0.1, -0.05) is 42.5 Å². The summed E-state index contributed by atoms with van der Waals surface area (Å²) >= 11 is 1.86. The molecule has 140 valence electrons. The number of hydrogen-bond acceptors (Lipinski definition) is 4. The summed E-state index contributed by atoms with van der Waals surface area (Å²) < 4.78 is 5.65. The highest BCUT2D eigenvalue weighted by Crippen LogP contribution is 2.22. The summed E-state index contributed by atoms with van der Waals surface area (Å²) in [5.41, 5.74) is 8.94. The quantitative estimate of drug-likeness (QED) is 0.747. The molecule has 2 atom stereocenters. The third-order valence-electron chi connectivity index (χ3n) is 4.24. The van der Waals surface area contributed by atoms with E-state index in [1.165, 1.54) is 11.1 Å². The van der Waals surface area contributed by atoms with Crippen molar-refractivity contribution in [1.29, 1.82) is 0 Å². The fourth-order valence-corrected chi connectivity index (χ4v) is 3.84. The maximum absolute atomic E-state index is 12.3. The van der Waals surface area contributed by atoms with E-state index in [2.05, 4.69) is 35.6 Å². The van der Waals surface area contributed by atoms with E-state index in [1.807, 2.05) is 36.0 Å². The first-order valence-electron chi connectivity index (χ1n) is 8.61. The molecule has 1 saturated heterocycles. The predicted molar refractivity (Wildman–Crippen MR) is 111 cm³/mol. The molecule has 0 aliphatic carbocycles. The number of nitrogens with two attached hydrogens (primary N) is 1. The smallest absolute Gasteiger partial charge is 0.253 e. The molecule has 6 heteroatoms. The molecule has 2 aromatic carbocycles. The second-order valence-corrected chi connectivity index (χ2v) is 7.21. The number of nitrogens with one attached hydrogen (secondary N) is 1. The number of carbonyl (C=O) groups is 1. The van der Waals surface area contributed by atoms with E-state index in [1.54, 1.807) is 0 Å². The van der Waals surface area contributed by atoms with E-state index in [0.717, 1.165) is 30.0 Å². The third kappa shape index (κ3) is 6.02. The van der Waals surface area contributed by atoms with Crippen molar-refractivity contribution < 1.29 is 9.53 Å². The zero-order valence-corrected chi connectivity index (χ0v) is 16.2. The van der Waals surface area contributed by atoms with Crippen LogP contribution in [0, 0.1) is 0 Å². The lowest BCUT2D eigenvalue weighted by atomic mass is 10.1. The predicted octanol–water partition coefficient (Wildman–Crippen LogP) is 3.99. The number of rotatable bonds is 7. The second kappa shape index (κ2) is 10.6. The van der Waals surface area contributed by atoms with Crippen LogP contribution in [0.25, 0.3) is 0 Å². The maximum Gasteiger partial charge on any atom is 0.253 e. The lowest BCUT2D eigenvalue weighted by molar-refractivity contribution is -0.126. The van der Waals surface area contributed by atoms with Crippen molar-refractivity contribution in [2.45, 2.75) is 36.6 Å². The first-order chi connectivity index (χ1) is 12.2. The van der Waals surface area contributed by atoms with Crippen molar-refractivity contribution in [3.8, 4) is 0 Å². The van der Waals surface area contributed by atoms with Crippen LogP contribution in [0.1, 0.15) is 24.0 Å². The lowest BCUT2D eigenvalue weighted by Crippen LogP contribution is -2.29. The Labute approximate surface area is 165 Å². The van der Waals surface area contributed by atoms with Crippen LogP contribution in [0.4, 0.5) is 5.69 Å². The Kier molecular flexibility index (Phi) is 8.45. The Morgan fingerprint density at radius 3 is 2.54 bits per heavy atom. The van der Waals surface area contributed by atoms with Gasteiger partial charge in [0.05, 0.1) is 6.10 Å². The van der Waals surface area contributed by atoms with E-state index in [0.29, 0.717) is 6.54 Å². The van der Waals surface area contributed by atoms with Crippen molar-refractivity contribution in [1.82, 2.24) is 0 Å². The van der Waals surface area contributed by atoms with Gasteiger partial charge in [0.1, 0.15) is 6.10 Å². The first kappa shape index (κ1) is 20.8. The number of anilines is 1. The number of halogens is 1. The Bertz CT molecular complexity index is 699. The SMILES string of the molecule is Cl.NC[C@H]1CC[C@@H](C(=O)Nc2cccc(CSCc3ccccc3)c2)O1. The number of hydrogen-bond donors (Lipinski definition) is 2. The van der Waals surface area contributed by atoms with Gasteiger partial charge in [-0.15, -0.1) is 12.4 Å². The number of amides is 1. The molecule has 3 N–H and O–H groups in total. The molecule has 1 fully saturated rings. The molecule has 0 unspecified atom stereocenters. The average molecular weight is 393 g/mol. The van der Waals surface area contributed by atoms with Gasteiger partial charge in [0.25, 0.3) is 5.91 Å². The fourth-order valence-electron chi connectivity index (χ4n) is 2.89. The van der Waals surface area contributed by atoms with E-state index in [-0.39, 0.29) is 30.5 Å². The van der Waals surface area contributed by atoms with Crippen LogP contribution in [-0.4, -0.2) is 24.7 Å². The standard InChI is InChI=1S/C20H24N2O2S.ClH/c21-12-18-9-10-19(24-18)20(23)22-17-8-4-7-16(11-17)14-25-13-15-5-2-1-3-6-15;/h1-8,11,18-19H,9-10,12-14,21H2,(H,22,23);1H/t18-,19+;/m1./s1. The topological polar surface area (TPSA) is 64.4 Å². The Hall–Kier alpha value is -1.53. The van der Waals surface area contributed by atoms with E-state index >= 15 is 0 Å². The summed E-state index contributed by atoms with van der Waals surface area (Å²) in [7, 11) is 0. The van der Waals surface area contributed by atoms with Crippen LogP contribution >= 0.6 is 24.2 Å². The van der Waals surface area contributed by atoms with Gasteiger partial charge in [-0.05, 0) is 36.1 Å². The van der Waals surface area contributed by atoms with Gasteiger partial charge in [-0.3, -0.25) is 4.79 Å². The minimum atomic E-state index is -0.385. The molecule has 3 rings (SSSR count). The highest BCUT2D eigenvalue weighted by atomic mass is 35.5. The largest absolute Gasteiger partial charge is 0.364 e. The van der Waals surface area contributed by atoms with Crippen molar-refractivity contribution in [3.63, 3.8) is 0 Å². The molecule has 0 aromatic heterocycles. The molecular weight excluding hydrogens is 368 g/mol. The van der Waals surface area contributed by atoms with Crippen LogP contribution in [0.5, 0.6) is 0 Å². The van der Waals surface area contributed by atoms with Crippen molar-refractivity contribution in [3.05, 3.63) is 65.7 Å². The molecule has 0 saturated carbocycles. The van der Waals surface area contributed by atoms with Crippen LogP contribution in [0.15, 0.2) is 54.6 Å². The molecule has 26 heavy (non-hydrogen) atoms. The Morgan fingerprint density at radius 2 is 1.81 bits per heavy atom. The molecular formula is C20H25ClN2O2S. The second-order valence-electron chi connectivity index (χ2n) is 6.23. The van der Waals surface area contributed by atoms with E-state index < -0.39 is 0 Å². The zero-order chi connectivity index (χ0) is 17.5. The summed E-state index contributed by atoms with van der Waals surface area (Å²) in [5, 5.41) is 2.96. The summed E-state index contributed by atoms with van der Waals surface area (Å²) in [6, 6.07) is 18.4. The zero-order valence-electron chi connectivity index (χ0n) is 14.6. The number of benzene rings is 2. The molecule has 1 heterocycles. The van der Waals surface area contributed by atoms with Crippen LogP contribution in [0.2, 0.25) is 0 Å². The molecule has 4 nitrogen and oxygen atoms in total. The van der Waals surface area contributed by atoms with Crippen LogP contribution in [0.3, 0.4) is 0 Å². The molecule has 1 amide bonds. The highest BCUT2D eigenvalue weighted by Gasteiger charge is 2.29. The third-order valence-corrected chi connectivity index (χ3v) is 5.31. The normalized spacial score (nSPS) is 19.0. The van der Waals surface area contributed by atoms with E-state index in [4.69, 9.17) is 10.5 Å². The molecule has 0 bridgehead atoms. The summed E-state index contributed by atoms with van der Waals surface area (Å²) in [6.07, 6.45) is 1.21. The molecule has 0 radical (unpaired) electrons. The van der Waals surface area contributed by atoms with Crippen molar-refractivity contribution >= 4 is 35.8 Å². The van der Waals surface area contributed by atoms with Gasteiger partial charge in [-0.25, -0.2) is 0 Å². The Balaban J connectivity index is 0.00000243. The number of carbonyl (C=O) groups excluding carboxylic acids is 1. The van der Waals surface area contributed by atoms with Gasteiger partial charge < -0.3 is 15.8 Å². The van der Waals surface area contributed by atoms with Gasteiger partial charge >= 0.3 is 0 Å². The van der Waals surface area contributed by atoms with Gasteiger partial charge in [0.2, 0.25) is 0 Å². The monoisotopic (exact) mass is 392 g/mol. The fraction of sp³-hybridized carbons (Fsp3) is 0.350. The minimum Gasteiger partial charge on any atom is -0.364 e. The first-order valence-corrected chi connectivity index (χ1v) is 9.77. The minimum absolute atomic E-state index is 0. The van der Waals surface area contributed by atoms with Gasteiger partial charge in [0.15, 0.2) is 0 Å². The van der Waals surface area contributed by atoms with E-state index in [9.17, 15) is 4.79 Å². The molecule has 1 aliphatic heterocycles. The van der Waals surface area contributed by atoms with Crippen LogP contribution < -0.4 is 11.1 Å². The highest BCUT2D eigenvalue weighted by molar-refractivity contribution is 7.97. The molecule has 1 aliphatic rings. The van der Waals surface area contributed by atoms with Gasteiger partial charge in [-0.2, -0.15) is 11.8 Å². The van der Waals surface area contributed by atoms with Crippen LogP contribution in [-0.2, 0) is 21.0 Å². The molecule has 2 aromatic rings. The van der Waals surface area contributed by atoms with Crippen molar-refractivity contribution in [2.75, 3.05) is 11.9 Å². The summed E-state index contributed by atoms with van der Waals surface area (Å²) in [6.45, 7) is 0.470. The summed E-state index contributed by atoms with van der Waals surface area (Å²) in [4.78, 5) is 12.3. The summed E-state index contributed by atoms with van der Waals surface area (Å²) in [5.74, 6) is 1.81. The number of ether oxygens (including phenoxy) is 1. The lowest BCUT2D eigenvalue weighted by Gasteiger charge is -2.13. The van der Waals surface area contributed by atoms with Gasteiger partial charge in [0, 0.05) is 23.7 Å². The number of thioether (sulfide) groups is 1.